The fraction of sp³-hybridized carbons (Fsp3) is 0.333. The minimum atomic E-state index is 0.0708. The van der Waals surface area contributed by atoms with E-state index in [2.05, 4.69) is 78.5 Å². The van der Waals surface area contributed by atoms with Crippen LogP contribution in [0.5, 0.6) is 0 Å². The van der Waals surface area contributed by atoms with Crippen LogP contribution >= 0.6 is 0 Å². The van der Waals surface area contributed by atoms with Crippen molar-refractivity contribution < 1.29 is 4.74 Å². The van der Waals surface area contributed by atoms with E-state index in [1.54, 1.807) is 0 Å². The molecule has 2 aromatic rings. The summed E-state index contributed by atoms with van der Waals surface area (Å²) >= 11 is 0. The molecule has 1 fully saturated rings. The maximum Gasteiger partial charge on any atom is 0.137 e. The number of anilines is 1. The first-order chi connectivity index (χ1) is 10.2. The Morgan fingerprint density at radius 3 is 2.43 bits per heavy atom. The Balaban J connectivity index is 1.74. The zero-order valence-electron chi connectivity index (χ0n) is 12.7. The third-order valence-electron chi connectivity index (χ3n) is 3.91. The fourth-order valence-corrected chi connectivity index (χ4v) is 2.73. The summed E-state index contributed by atoms with van der Waals surface area (Å²) in [5, 5.41) is 0. The highest BCUT2D eigenvalue weighted by Gasteiger charge is 2.26. The topological polar surface area (TPSA) is 15.7 Å². The molecule has 0 aliphatic carbocycles. The van der Waals surface area contributed by atoms with Crippen LogP contribution in [0.25, 0.3) is 0 Å². The first kappa shape index (κ1) is 14.1. The van der Waals surface area contributed by atoms with E-state index in [4.69, 9.17) is 4.74 Å². The lowest BCUT2D eigenvalue weighted by molar-refractivity contribution is 0.0288. The highest BCUT2D eigenvalue weighted by molar-refractivity contribution is 5.46. The maximum atomic E-state index is 5.94. The van der Waals surface area contributed by atoms with E-state index in [1.165, 1.54) is 16.8 Å². The van der Waals surface area contributed by atoms with Gasteiger partial charge in [-0.15, -0.1) is 0 Å². The van der Waals surface area contributed by atoms with E-state index < -0.39 is 0 Å². The van der Waals surface area contributed by atoms with E-state index in [0.29, 0.717) is 0 Å². The summed E-state index contributed by atoms with van der Waals surface area (Å²) in [7, 11) is 4.12. The zero-order chi connectivity index (χ0) is 14.7. The van der Waals surface area contributed by atoms with Gasteiger partial charge in [-0.05, 0) is 23.3 Å². The fourth-order valence-electron chi connectivity index (χ4n) is 2.73. The molecule has 1 unspecified atom stereocenters. The van der Waals surface area contributed by atoms with Gasteiger partial charge in [0.05, 0.1) is 6.61 Å². The van der Waals surface area contributed by atoms with E-state index >= 15 is 0 Å². The summed E-state index contributed by atoms with van der Waals surface area (Å²) in [4.78, 5) is 4.50. The quantitative estimate of drug-likeness (QED) is 0.856. The second-order valence-corrected chi connectivity index (χ2v) is 5.67. The molecule has 0 saturated carbocycles. The molecule has 0 bridgehead atoms. The summed E-state index contributed by atoms with van der Waals surface area (Å²) in [6.07, 6.45) is 0.0708. The first-order valence-electron chi connectivity index (χ1n) is 7.41. The number of hydrogen-bond donors (Lipinski definition) is 0. The number of hydrogen-bond acceptors (Lipinski definition) is 3. The second-order valence-electron chi connectivity index (χ2n) is 5.67. The molecule has 1 aliphatic rings. The smallest absolute Gasteiger partial charge is 0.137 e. The van der Waals surface area contributed by atoms with Crippen LogP contribution in [0, 0.1) is 0 Å². The van der Waals surface area contributed by atoms with Crippen LogP contribution < -0.4 is 4.90 Å². The summed E-state index contributed by atoms with van der Waals surface area (Å²) in [5.74, 6) is 0. The van der Waals surface area contributed by atoms with Crippen LogP contribution in [0.3, 0.4) is 0 Å². The molecule has 1 heterocycles. The lowest BCUT2D eigenvalue weighted by Crippen LogP contribution is -2.23. The summed E-state index contributed by atoms with van der Waals surface area (Å²) in [5.41, 5.74) is 3.78. The molecule has 2 aromatic carbocycles. The molecule has 3 nitrogen and oxygen atoms in total. The number of ether oxygens (including phenoxy) is 1. The summed E-state index contributed by atoms with van der Waals surface area (Å²) < 4.78 is 5.94. The Hall–Kier alpha value is -1.84. The molecule has 0 amide bonds. The predicted octanol–water partition coefficient (Wildman–Crippen LogP) is 3.28. The molecule has 3 heteroatoms. The van der Waals surface area contributed by atoms with E-state index in [0.717, 1.165) is 19.7 Å². The van der Waals surface area contributed by atoms with Crippen molar-refractivity contribution in [3.63, 3.8) is 0 Å². The van der Waals surface area contributed by atoms with Crippen molar-refractivity contribution >= 4 is 5.69 Å². The molecule has 3 rings (SSSR count). The van der Waals surface area contributed by atoms with Crippen LogP contribution in [-0.4, -0.2) is 32.1 Å². The largest absolute Gasteiger partial charge is 0.378 e. The number of nitrogens with zero attached hydrogens (tertiary/aromatic N) is 2. The highest BCUT2D eigenvalue weighted by Crippen LogP contribution is 2.29. The van der Waals surface area contributed by atoms with Gasteiger partial charge >= 0.3 is 0 Å². The third kappa shape index (κ3) is 3.26. The zero-order valence-corrected chi connectivity index (χ0v) is 12.7. The van der Waals surface area contributed by atoms with Gasteiger partial charge in [0.1, 0.15) is 6.23 Å². The predicted molar refractivity (Wildman–Crippen MR) is 86.3 cm³/mol. The average Bonchev–Trinajstić information content (AvgIpc) is 2.96. The first-order valence-corrected chi connectivity index (χ1v) is 7.41. The molecular weight excluding hydrogens is 260 g/mol. The van der Waals surface area contributed by atoms with Crippen LogP contribution in [-0.2, 0) is 11.3 Å². The Morgan fingerprint density at radius 1 is 1.05 bits per heavy atom. The van der Waals surface area contributed by atoms with Crippen LogP contribution in [0.4, 0.5) is 5.69 Å². The van der Waals surface area contributed by atoms with Crippen LogP contribution in [0.15, 0.2) is 54.6 Å². The molecule has 0 N–H and O–H groups in total. The molecule has 1 atom stereocenters. The number of benzene rings is 2. The van der Waals surface area contributed by atoms with Crippen molar-refractivity contribution in [1.82, 2.24) is 4.90 Å². The lowest BCUT2D eigenvalue weighted by atomic mass is 10.1. The molecule has 0 aromatic heterocycles. The van der Waals surface area contributed by atoms with E-state index in [1.807, 2.05) is 0 Å². The van der Waals surface area contributed by atoms with Gasteiger partial charge in [0.25, 0.3) is 0 Å². The maximum absolute atomic E-state index is 5.94. The van der Waals surface area contributed by atoms with E-state index in [-0.39, 0.29) is 6.23 Å². The molecule has 21 heavy (non-hydrogen) atoms. The van der Waals surface area contributed by atoms with Crippen molar-refractivity contribution in [2.45, 2.75) is 12.8 Å². The van der Waals surface area contributed by atoms with Gasteiger partial charge in [-0.1, -0.05) is 42.5 Å². The van der Waals surface area contributed by atoms with E-state index in [9.17, 15) is 0 Å². The monoisotopic (exact) mass is 282 g/mol. The van der Waals surface area contributed by atoms with Gasteiger partial charge < -0.3 is 9.64 Å². The van der Waals surface area contributed by atoms with Crippen LogP contribution in [0.2, 0.25) is 0 Å². The van der Waals surface area contributed by atoms with Crippen molar-refractivity contribution in [2.75, 3.05) is 32.1 Å². The lowest BCUT2D eigenvalue weighted by Gasteiger charge is -2.24. The summed E-state index contributed by atoms with van der Waals surface area (Å²) in [6, 6.07) is 19.2. The molecule has 0 spiro atoms. The van der Waals surface area contributed by atoms with Crippen molar-refractivity contribution in [1.29, 1.82) is 0 Å². The Morgan fingerprint density at radius 2 is 1.76 bits per heavy atom. The Bertz CT molecular complexity index is 566. The third-order valence-corrected chi connectivity index (χ3v) is 3.91. The molecule has 0 radical (unpaired) electrons. The molecule has 1 saturated heterocycles. The van der Waals surface area contributed by atoms with Crippen molar-refractivity contribution in [2.24, 2.45) is 0 Å². The van der Waals surface area contributed by atoms with Gasteiger partial charge in [0.2, 0.25) is 0 Å². The van der Waals surface area contributed by atoms with Gasteiger partial charge in [0, 0.05) is 32.9 Å². The average molecular weight is 282 g/mol. The minimum absolute atomic E-state index is 0.0708. The Labute approximate surface area is 126 Å². The standard InChI is InChI=1S/C18H22N2O/c1-19(2)17-10-8-16(9-11-17)18-20(12-13-21-18)14-15-6-4-3-5-7-15/h3-11,18H,12-14H2,1-2H3. The van der Waals surface area contributed by atoms with Gasteiger partial charge in [-0.3, -0.25) is 4.90 Å². The molecule has 1 aliphatic heterocycles. The van der Waals surface area contributed by atoms with Crippen molar-refractivity contribution in [3.05, 3.63) is 65.7 Å². The SMILES string of the molecule is CN(C)c1ccc(C2OCCN2Cc2ccccc2)cc1. The molecular formula is C18H22N2O. The highest BCUT2D eigenvalue weighted by atomic mass is 16.5. The van der Waals surface area contributed by atoms with Gasteiger partial charge in [-0.2, -0.15) is 0 Å². The minimum Gasteiger partial charge on any atom is -0.378 e. The van der Waals surface area contributed by atoms with Crippen LogP contribution in [0.1, 0.15) is 17.4 Å². The van der Waals surface area contributed by atoms with Crippen molar-refractivity contribution in [3.8, 4) is 0 Å². The van der Waals surface area contributed by atoms with Gasteiger partial charge in [-0.25, -0.2) is 0 Å². The van der Waals surface area contributed by atoms with Gasteiger partial charge in [0.15, 0.2) is 0 Å². The summed E-state index contributed by atoms with van der Waals surface area (Å²) in [6.45, 7) is 2.71. The normalized spacial score (nSPS) is 18.9. The second kappa shape index (κ2) is 6.29. The number of rotatable bonds is 4. The Kier molecular flexibility index (Phi) is 4.23. The molecule has 110 valence electrons.